The number of halogens is 1. The Morgan fingerprint density at radius 2 is 1.84 bits per heavy atom. The highest BCUT2D eigenvalue weighted by molar-refractivity contribution is 7.70. The first-order chi connectivity index (χ1) is 8.10. The zero-order chi connectivity index (χ0) is 14.0. The van der Waals surface area contributed by atoms with Crippen LogP contribution in [0.4, 0.5) is 0 Å². The number of nitrogens with zero attached hydrogens (tertiary/aromatic N) is 2. The summed E-state index contributed by atoms with van der Waals surface area (Å²) in [5.74, 6) is 0. The molecule has 0 saturated heterocycles. The van der Waals surface area contributed by atoms with Crippen molar-refractivity contribution in [3.63, 3.8) is 0 Å². The van der Waals surface area contributed by atoms with Crippen LogP contribution in [0.25, 0.3) is 0 Å². The van der Waals surface area contributed by atoms with E-state index in [2.05, 4.69) is 4.99 Å². The minimum absolute atomic E-state index is 0. The van der Waals surface area contributed by atoms with Crippen LogP contribution < -0.4 is 0 Å². The summed E-state index contributed by atoms with van der Waals surface area (Å²) >= 11 is 0. The molecular formula is C8H17ClN2O6P2. The molecule has 0 atom stereocenters. The fourth-order valence-corrected chi connectivity index (χ4v) is 4.00. The van der Waals surface area contributed by atoms with Gasteiger partial charge in [-0.25, -0.2) is 4.99 Å². The van der Waals surface area contributed by atoms with Crippen LogP contribution in [0.15, 0.2) is 16.8 Å². The van der Waals surface area contributed by atoms with E-state index in [4.69, 9.17) is 19.6 Å². The van der Waals surface area contributed by atoms with Crippen molar-refractivity contribution in [2.45, 2.75) is 18.2 Å². The zero-order valence-corrected chi connectivity index (χ0v) is 12.8. The number of aliphatic imine (C=N–C) groups is 1. The third kappa shape index (κ3) is 6.19. The predicted molar refractivity (Wildman–Crippen MR) is 73.6 cm³/mol. The molecule has 0 fully saturated rings. The Kier molecular flexibility index (Phi) is 6.92. The molecular weight excluding hydrogens is 317 g/mol. The summed E-state index contributed by atoms with van der Waals surface area (Å²) < 4.78 is 22.1. The van der Waals surface area contributed by atoms with Gasteiger partial charge in [-0.15, -0.1) is 12.4 Å². The highest BCUT2D eigenvalue weighted by Gasteiger charge is 2.42. The Hall–Kier alpha value is -0.200. The number of hydrogen-bond acceptors (Lipinski definition) is 4. The lowest BCUT2D eigenvalue weighted by Gasteiger charge is -2.20. The van der Waals surface area contributed by atoms with E-state index >= 15 is 0 Å². The standard InChI is InChI=1S/C8H16N2O6P2.ClH/c1-10-5-4-7(9-6-10)2-3-8(17(11,12)13)18(14,15)16;/h4,6,8H,2-3,5H2,1H3,(H2,11,12,13)(H2,14,15,16);1H. The number of allylic oxidation sites excluding steroid dienone is 1. The molecule has 0 amide bonds. The van der Waals surface area contributed by atoms with Crippen LogP contribution in [-0.4, -0.2) is 49.8 Å². The minimum atomic E-state index is -4.83. The number of rotatable bonds is 5. The van der Waals surface area contributed by atoms with E-state index in [1.165, 1.54) is 0 Å². The number of likely N-dealkylation sites (N-methyl/N-ethyl adjacent to an activating group) is 1. The summed E-state index contributed by atoms with van der Waals surface area (Å²) in [6.07, 6.45) is 3.11. The SMILES string of the molecule is CN1C=NC(CCC(P(=O)(O)O)P(=O)(O)O)=CC1.Cl. The summed E-state index contributed by atoms with van der Waals surface area (Å²) in [4.78, 5) is 41.6. The minimum Gasteiger partial charge on any atom is -0.362 e. The third-order valence-electron chi connectivity index (χ3n) is 2.47. The third-order valence-corrected chi connectivity index (χ3v) is 6.35. The molecule has 0 aromatic rings. The van der Waals surface area contributed by atoms with E-state index in [-0.39, 0.29) is 25.2 Å². The average Bonchev–Trinajstić information content (AvgIpc) is 2.17. The molecule has 8 nitrogen and oxygen atoms in total. The molecule has 0 aromatic carbocycles. The summed E-state index contributed by atoms with van der Waals surface area (Å²) in [5, 5.41) is -1.96. The second-order valence-electron chi connectivity index (χ2n) is 4.08. The highest BCUT2D eigenvalue weighted by atomic mass is 35.5. The van der Waals surface area contributed by atoms with Gasteiger partial charge in [0.1, 0.15) is 0 Å². The van der Waals surface area contributed by atoms with Crippen LogP contribution in [0, 0.1) is 0 Å². The lowest BCUT2D eigenvalue weighted by Crippen LogP contribution is -2.19. The Morgan fingerprint density at radius 1 is 1.32 bits per heavy atom. The van der Waals surface area contributed by atoms with E-state index in [0.717, 1.165) is 0 Å². The molecule has 0 radical (unpaired) electrons. The van der Waals surface area contributed by atoms with E-state index < -0.39 is 20.6 Å². The Bertz CT molecular complexity index is 434. The van der Waals surface area contributed by atoms with Crippen molar-refractivity contribution in [2.75, 3.05) is 13.6 Å². The summed E-state index contributed by atoms with van der Waals surface area (Å²) in [6, 6.07) is 0. The van der Waals surface area contributed by atoms with Crippen molar-refractivity contribution >= 4 is 33.9 Å². The van der Waals surface area contributed by atoms with Gasteiger partial charge in [0.15, 0.2) is 5.40 Å². The van der Waals surface area contributed by atoms with Crippen LogP contribution in [-0.2, 0) is 9.13 Å². The molecule has 1 aliphatic heterocycles. The van der Waals surface area contributed by atoms with Gasteiger partial charge in [-0.05, 0) is 18.9 Å². The topological polar surface area (TPSA) is 131 Å². The molecule has 19 heavy (non-hydrogen) atoms. The van der Waals surface area contributed by atoms with Gasteiger partial charge in [-0.2, -0.15) is 0 Å². The average molecular weight is 335 g/mol. The molecule has 0 spiro atoms. The van der Waals surface area contributed by atoms with Crippen molar-refractivity contribution < 1.29 is 28.7 Å². The quantitative estimate of drug-likeness (QED) is 0.545. The molecule has 11 heteroatoms. The Labute approximate surface area is 117 Å². The summed E-state index contributed by atoms with van der Waals surface area (Å²) in [7, 11) is -7.85. The molecule has 4 N–H and O–H groups in total. The smallest absolute Gasteiger partial charge is 0.340 e. The van der Waals surface area contributed by atoms with Crippen molar-refractivity contribution in [2.24, 2.45) is 4.99 Å². The molecule has 1 heterocycles. The highest BCUT2D eigenvalue weighted by Crippen LogP contribution is 2.61. The van der Waals surface area contributed by atoms with Crippen LogP contribution in [0.2, 0.25) is 0 Å². The Morgan fingerprint density at radius 3 is 2.21 bits per heavy atom. The lowest BCUT2D eigenvalue weighted by atomic mass is 10.2. The number of hydrogen-bond donors (Lipinski definition) is 4. The van der Waals surface area contributed by atoms with Gasteiger partial charge in [0.25, 0.3) is 0 Å². The van der Waals surface area contributed by atoms with Crippen LogP contribution >= 0.6 is 27.6 Å². The van der Waals surface area contributed by atoms with Crippen LogP contribution in [0.1, 0.15) is 12.8 Å². The van der Waals surface area contributed by atoms with Gasteiger partial charge < -0.3 is 24.5 Å². The normalized spacial score (nSPS) is 16.3. The largest absolute Gasteiger partial charge is 0.362 e. The summed E-state index contributed by atoms with van der Waals surface area (Å²) in [5.41, 5.74) is 0.569. The molecule has 0 bridgehead atoms. The van der Waals surface area contributed by atoms with Crippen molar-refractivity contribution in [3.8, 4) is 0 Å². The van der Waals surface area contributed by atoms with Crippen LogP contribution in [0.3, 0.4) is 0 Å². The van der Waals surface area contributed by atoms with Gasteiger partial charge in [0, 0.05) is 19.3 Å². The molecule has 1 aliphatic rings. The van der Waals surface area contributed by atoms with Crippen molar-refractivity contribution in [1.29, 1.82) is 0 Å². The van der Waals surface area contributed by atoms with E-state index in [1.54, 1.807) is 17.3 Å². The first-order valence-electron chi connectivity index (χ1n) is 5.14. The molecule has 1 rings (SSSR count). The first kappa shape index (κ1) is 18.8. The molecule has 0 unspecified atom stereocenters. The van der Waals surface area contributed by atoms with Crippen molar-refractivity contribution in [3.05, 3.63) is 11.8 Å². The molecule has 0 aromatic heterocycles. The maximum Gasteiger partial charge on any atom is 0.340 e. The molecule has 0 saturated carbocycles. The van der Waals surface area contributed by atoms with Gasteiger partial charge in [-0.3, -0.25) is 9.13 Å². The Balaban J connectivity index is 0.00000324. The first-order valence-corrected chi connectivity index (χ1v) is 8.51. The molecule has 112 valence electrons. The van der Waals surface area contributed by atoms with Crippen molar-refractivity contribution in [1.82, 2.24) is 4.90 Å². The lowest BCUT2D eigenvalue weighted by molar-refractivity contribution is 0.335. The maximum absolute atomic E-state index is 11.0. The zero-order valence-electron chi connectivity index (χ0n) is 10.2. The van der Waals surface area contributed by atoms with Gasteiger partial charge in [-0.1, -0.05) is 0 Å². The van der Waals surface area contributed by atoms with Crippen LogP contribution in [0.5, 0.6) is 0 Å². The van der Waals surface area contributed by atoms with E-state index in [0.29, 0.717) is 12.2 Å². The van der Waals surface area contributed by atoms with E-state index in [1.807, 2.05) is 7.05 Å². The second kappa shape index (κ2) is 6.99. The summed E-state index contributed by atoms with van der Waals surface area (Å²) in [6.45, 7) is 0.606. The fraction of sp³-hybridized carbons (Fsp3) is 0.625. The molecule has 0 aliphatic carbocycles. The fourth-order valence-electron chi connectivity index (χ4n) is 1.50. The van der Waals surface area contributed by atoms with Gasteiger partial charge in [0.05, 0.1) is 6.34 Å². The van der Waals surface area contributed by atoms with Gasteiger partial charge in [0.2, 0.25) is 0 Å². The second-order valence-corrected chi connectivity index (χ2v) is 8.09. The monoisotopic (exact) mass is 334 g/mol. The van der Waals surface area contributed by atoms with E-state index in [9.17, 15) is 9.13 Å². The predicted octanol–water partition coefficient (Wildman–Crippen LogP) is 0.727. The van der Waals surface area contributed by atoms with Gasteiger partial charge >= 0.3 is 15.2 Å². The maximum atomic E-state index is 11.0.